The number of benzene rings is 2. The molecule has 0 aliphatic rings. The number of rotatable bonds is 5. The largest absolute Gasteiger partial charge is 0.457 e. The van der Waals surface area contributed by atoms with Crippen molar-refractivity contribution in [1.82, 2.24) is 0 Å². The molecular weight excluding hydrogens is 259 g/mol. The van der Waals surface area contributed by atoms with E-state index in [9.17, 15) is 14.0 Å². The minimum Gasteiger partial charge on any atom is -0.457 e. The van der Waals surface area contributed by atoms with Crippen LogP contribution in [0.5, 0.6) is 11.5 Å². The van der Waals surface area contributed by atoms with Gasteiger partial charge in [0.1, 0.15) is 23.1 Å². The summed E-state index contributed by atoms with van der Waals surface area (Å²) in [5.74, 6) is 0.334. The van der Waals surface area contributed by atoms with E-state index in [4.69, 9.17) is 4.74 Å². The molecule has 0 aromatic heterocycles. The molecule has 0 aliphatic heterocycles. The first-order valence-electron chi connectivity index (χ1n) is 6.11. The first kappa shape index (κ1) is 13.9. The monoisotopic (exact) mass is 272 g/mol. The van der Waals surface area contributed by atoms with Crippen molar-refractivity contribution < 1.29 is 18.7 Å². The third-order valence-corrected chi connectivity index (χ3v) is 2.64. The molecule has 0 spiro atoms. The molecule has 2 rings (SSSR count). The molecule has 0 unspecified atom stereocenters. The van der Waals surface area contributed by atoms with E-state index >= 15 is 0 Å². The number of ketones is 2. The Hall–Kier alpha value is -2.49. The van der Waals surface area contributed by atoms with Gasteiger partial charge in [-0.2, -0.15) is 0 Å². The van der Waals surface area contributed by atoms with Crippen molar-refractivity contribution in [1.29, 1.82) is 0 Å². The molecule has 0 saturated carbocycles. The highest BCUT2D eigenvalue weighted by molar-refractivity contribution is 6.07. The van der Waals surface area contributed by atoms with Crippen LogP contribution in [0, 0.1) is 5.82 Å². The van der Waals surface area contributed by atoms with Gasteiger partial charge < -0.3 is 4.74 Å². The summed E-state index contributed by atoms with van der Waals surface area (Å²) in [6.07, 6.45) is -0.0990. The zero-order chi connectivity index (χ0) is 14.5. The van der Waals surface area contributed by atoms with Crippen molar-refractivity contribution in [2.75, 3.05) is 0 Å². The standard InChI is InChI=1S/C16H13FO3/c1-11(18)10-16(19)12-2-6-14(7-3-12)20-15-8-4-13(17)5-9-15/h2-9H,10H2,1H3. The van der Waals surface area contributed by atoms with Crippen LogP contribution in [-0.2, 0) is 4.79 Å². The maximum atomic E-state index is 12.8. The van der Waals surface area contributed by atoms with Crippen LogP contribution < -0.4 is 4.74 Å². The van der Waals surface area contributed by atoms with Crippen molar-refractivity contribution in [3.05, 3.63) is 59.9 Å². The third-order valence-electron chi connectivity index (χ3n) is 2.64. The normalized spacial score (nSPS) is 10.1. The Bertz CT molecular complexity index is 615. The van der Waals surface area contributed by atoms with E-state index in [1.54, 1.807) is 24.3 Å². The lowest BCUT2D eigenvalue weighted by Gasteiger charge is -2.06. The number of hydrogen-bond donors (Lipinski definition) is 0. The summed E-state index contributed by atoms with van der Waals surface area (Å²) in [7, 11) is 0. The summed E-state index contributed by atoms with van der Waals surface area (Å²) in [5.41, 5.74) is 0.464. The van der Waals surface area contributed by atoms with Gasteiger partial charge in [0.05, 0.1) is 6.42 Å². The fourth-order valence-electron chi connectivity index (χ4n) is 1.68. The van der Waals surface area contributed by atoms with Crippen molar-refractivity contribution in [2.24, 2.45) is 0 Å². The summed E-state index contributed by atoms with van der Waals surface area (Å²) in [6.45, 7) is 1.38. The summed E-state index contributed by atoms with van der Waals surface area (Å²) in [4.78, 5) is 22.5. The topological polar surface area (TPSA) is 43.4 Å². The second-order valence-electron chi connectivity index (χ2n) is 4.38. The molecule has 0 heterocycles. The number of carbonyl (C=O) groups excluding carboxylic acids is 2. The summed E-state index contributed by atoms with van der Waals surface area (Å²) < 4.78 is 18.3. The Labute approximate surface area is 116 Å². The van der Waals surface area contributed by atoms with Crippen LogP contribution in [0.25, 0.3) is 0 Å². The van der Waals surface area contributed by atoms with Crippen LogP contribution >= 0.6 is 0 Å². The molecule has 0 aliphatic carbocycles. The second kappa shape index (κ2) is 6.10. The zero-order valence-electron chi connectivity index (χ0n) is 10.9. The van der Waals surface area contributed by atoms with Crippen LogP contribution in [0.2, 0.25) is 0 Å². The van der Waals surface area contributed by atoms with Gasteiger partial charge in [0.2, 0.25) is 0 Å². The summed E-state index contributed by atoms with van der Waals surface area (Å²) in [5, 5.41) is 0. The van der Waals surface area contributed by atoms with Gasteiger partial charge >= 0.3 is 0 Å². The second-order valence-corrected chi connectivity index (χ2v) is 4.38. The summed E-state index contributed by atoms with van der Waals surface area (Å²) in [6, 6.07) is 12.1. The predicted molar refractivity (Wildman–Crippen MR) is 72.5 cm³/mol. The average Bonchev–Trinajstić information content (AvgIpc) is 2.41. The van der Waals surface area contributed by atoms with E-state index in [-0.39, 0.29) is 23.8 Å². The molecule has 0 radical (unpaired) electrons. The molecule has 3 nitrogen and oxygen atoms in total. The number of Topliss-reactive ketones (excluding diaryl/α,β-unsaturated/α-hetero) is 2. The highest BCUT2D eigenvalue weighted by Crippen LogP contribution is 2.22. The molecule has 0 fully saturated rings. The molecule has 0 N–H and O–H groups in total. The molecule has 2 aromatic carbocycles. The van der Waals surface area contributed by atoms with Gasteiger partial charge in [-0.1, -0.05) is 0 Å². The number of ether oxygens (including phenoxy) is 1. The molecule has 102 valence electrons. The molecule has 0 bridgehead atoms. The average molecular weight is 272 g/mol. The SMILES string of the molecule is CC(=O)CC(=O)c1ccc(Oc2ccc(F)cc2)cc1. The van der Waals surface area contributed by atoms with Crippen LogP contribution in [0.3, 0.4) is 0 Å². The van der Waals surface area contributed by atoms with Crippen molar-refractivity contribution in [3.8, 4) is 11.5 Å². The van der Waals surface area contributed by atoms with Crippen molar-refractivity contribution >= 4 is 11.6 Å². The molecule has 0 amide bonds. The quantitative estimate of drug-likeness (QED) is 0.614. The lowest BCUT2D eigenvalue weighted by atomic mass is 10.1. The van der Waals surface area contributed by atoms with E-state index in [1.165, 1.54) is 31.2 Å². The van der Waals surface area contributed by atoms with Crippen molar-refractivity contribution in [3.63, 3.8) is 0 Å². The number of halogens is 1. The lowest BCUT2D eigenvalue weighted by Crippen LogP contribution is -2.04. The van der Waals surface area contributed by atoms with Crippen LogP contribution in [-0.4, -0.2) is 11.6 Å². The summed E-state index contributed by atoms with van der Waals surface area (Å²) >= 11 is 0. The van der Waals surface area contributed by atoms with Gasteiger partial charge in [-0.25, -0.2) is 4.39 Å². The van der Waals surface area contributed by atoms with Crippen LogP contribution in [0.15, 0.2) is 48.5 Å². The van der Waals surface area contributed by atoms with E-state index in [2.05, 4.69) is 0 Å². The van der Waals surface area contributed by atoms with Crippen molar-refractivity contribution in [2.45, 2.75) is 13.3 Å². The highest BCUT2D eigenvalue weighted by atomic mass is 19.1. The number of carbonyl (C=O) groups is 2. The van der Waals surface area contributed by atoms with Crippen LogP contribution in [0.1, 0.15) is 23.7 Å². The first-order chi connectivity index (χ1) is 9.54. The first-order valence-corrected chi connectivity index (χ1v) is 6.11. The Morgan fingerprint density at radius 3 is 1.95 bits per heavy atom. The van der Waals surface area contributed by atoms with Gasteiger partial charge in [0.25, 0.3) is 0 Å². The Kier molecular flexibility index (Phi) is 4.25. The molecule has 20 heavy (non-hydrogen) atoms. The van der Waals surface area contributed by atoms with E-state index in [0.717, 1.165) is 0 Å². The van der Waals surface area contributed by atoms with E-state index in [0.29, 0.717) is 17.1 Å². The molecular formula is C16H13FO3. The minimum absolute atomic E-state index is 0.0990. The number of hydrogen-bond acceptors (Lipinski definition) is 3. The molecule has 4 heteroatoms. The molecule has 0 atom stereocenters. The fraction of sp³-hybridized carbons (Fsp3) is 0.125. The van der Waals surface area contributed by atoms with Gasteiger partial charge in [-0.05, 0) is 55.5 Å². The fourth-order valence-corrected chi connectivity index (χ4v) is 1.68. The van der Waals surface area contributed by atoms with E-state index < -0.39 is 0 Å². The smallest absolute Gasteiger partial charge is 0.170 e. The van der Waals surface area contributed by atoms with E-state index in [1.807, 2.05) is 0 Å². The maximum absolute atomic E-state index is 12.8. The van der Waals surface area contributed by atoms with Gasteiger partial charge in [0.15, 0.2) is 5.78 Å². The Morgan fingerprint density at radius 2 is 1.45 bits per heavy atom. The maximum Gasteiger partial charge on any atom is 0.170 e. The lowest BCUT2D eigenvalue weighted by molar-refractivity contribution is -0.116. The van der Waals surface area contributed by atoms with Gasteiger partial charge in [-0.3, -0.25) is 9.59 Å². The molecule has 0 saturated heterocycles. The Morgan fingerprint density at radius 1 is 0.950 bits per heavy atom. The van der Waals surface area contributed by atoms with Gasteiger partial charge in [0, 0.05) is 5.56 Å². The van der Waals surface area contributed by atoms with Gasteiger partial charge in [-0.15, -0.1) is 0 Å². The molecule has 2 aromatic rings. The highest BCUT2D eigenvalue weighted by Gasteiger charge is 2.08. The predicted octanol–water partition coefficient (Wildman–Crippen LogP) is 3.78. The Balaban J connectivity index is 2.06. The van der Waals surface area contributed by atoms with Crippen LogP contribution in [0.4, 0.5) is 4.39 Å². The third kappa shape index (κ3) is 3.75. The minimum atomic E-state index is -0.331. The zero-order valence-corrected chi connectivity index (χ0v) is 10.9.